The van der Waals surface area contributed by atoms with Gasteiger partial charge in [0.15, 0.2) is 6.61 Å². The van der Waals surface area contributed by atoms with E-state index < -0.39 is 18.5 Å². The monoisotopic (exact) mass is 399 g/mol. The number of nitrogens with zero attached hydrogens (tertiary/aromatic N) is 4. The molecule has 1 heterocycles. The highest BCUT2D eigenvalue weighted by molar-refractivity contribution is 6.31. The van der Waals surface area contributed by atoms with Crippen molar-refractivity contribution in [2.45, 2.75) is 0 Å². The van der Waals surface area contributed by atoms with Gasteiger partial charge in [0.1, 0.15) is 12.7 Å². The summed E-state index contributed by atoms with van der Waals surface area (Å²) in [6.45, 7) is -0.436. The minimum atomic E-state index is -0.582. The van der Waals surface area contributed by atoms with Crippen LogP contribution in [0.4, 0.5) is 11.4 Å². The highest BCUT2D eigenvalue weighted by Gasteiger charge is 2.14. The van der Waals surface area contributed by atoms with Crippen molar-refractivity contribution in [3.05, 3.63) is 65.7 Å². The summed E-state index contributed by atoms with van der Waals surface area (Å²) in [4.78, 5) is 30.2. The van der Waals surface area contributed by atoms with Gasteiger partial charge in [0, 0.05) is 24.8 Å². The van der Waals surface area contributed by atoms with Crippen LogP contribution in [0.5, 0.6) is 0 Å². The van der Waals surface area contributed by atoms with Crippen molar-refractivity contribution < 1.29 is 14.3 Å². The Labute approximate surface area is 166 Å². The number of hydrogen-bond acceptors (Lipinski definition) is 6. The number of ether oxygens (including phenoxy) is 1. The van der Waals surface area contributed by atoms with Crippen molar-refractivity contribution in [2.24, 2.45) is 0 Å². The Balaban J connectivity index is 1.66. The van der Waals surface area contributed by atoms with E-state index >= 15 is 0 Å². The first-order valence-corrected chi connectivity index (χ1v) is 8.71. The van der Waals surface area contributed by atoms with E-state index in [-0.39, 0.29) is 0 Å². The Morgan fingerprint density at radius 2 is 2.04 bits per heavy atom. The van der Waals surface area contributed by atoms with Gasteiger partial charge in [-0.1, -0.05) is 17.7 Å². The first-order chi connectivity index (χ1) is 13.4. The maximum absolute atomic E-state index is 12.3. The number of hydrogen-bond donors (Lipinski definition) is 1. The predicted octanol–water partition coefficient (Wildman–Crippen LogP) is 2.78. The van der Waals surface area contributed by atoms with E-state index in [1.165, 1.54) is 17.3 Å². The molecule has 0 bridgehead atoms. The molecule has 2 aromatic carbocycles. The first-order valence-electron chi connectivity index (χ1n) is 8.33. The molecule has 1 aromatic heterocycles. The van der Waals surface area contributed by atoms with Crippen LogP contribution < -0.4 is 10.2 Å². The fraction of sp³-hybridized carbons (Fsp3) is 0.158. The number of amides is 1. The van der Waals surface area contributed by atoms with Crippen LogP contribution in [0.25, 0.3) is 5.69 Å². The number of esters is 1. The third kappa shape index (κ3) is 4.66. The molecule has 0 aliphatic carbocycles. The molecule has 0 unspecified atom stereocenters. The molecule has 0 saturated heterocycles. The van der Waals surface area contributed by atoms with Crippen LogP contribution in [0.15, 0.2) is 55.1 Å². The van der Waals surface area contributed by atoms with Gasteiger partial charge >= 0.3 is 5.97 Å². The molecule has 0 aliphatic rings. The molecule has 8 nitrogen and oxygen atoms in total. The summed E-state index contributed by atoms with van der Waals surface area (Å²) in [5.41, 5.74) is 2.23. The number of carbonyl (C=O) groups excluding carboxylic acids is 2. The maximum Gasteiger partial charge on any atom is 0.338 e. The maximum atomic E-state index is 12.3. The Morgan fingerprint density at radius 3 is 2.75 bits per heavy atom. The van der Waals surface area contributed by atoms with Gasteiger partial charge < -0.3 is 15.0 Å². The number of halogens is 1. The first kappa shape index (κ1) is 19.4. The summed E-state index contributed by atoms with van der Waals surface area (Å²) >= 11 is 6.02. The molecule has 1 N–H and O–H groups in total. The largest absolute Gasteiger partial charge is 0.452 e. The Bertz CT molecular complexity index is 989. The average molecular weight is 400 g/mol. The highest BCUT2D eigenvalue weighted by Crippen LogP contribution is 2.24. The Morgan fingerprint density at radius 1 is 1.21 bits per heavy atom. The lowest BCUT2D eigenvalue weighted by atomic mass is 10.2. The summed E-state index contributed by atoms with van der Waals surface area (Å²) in [6.07, 6.45) is 2.88. The lowest BCUT2D eigenvalue weighted by Crippen LogP contribution is -2.22. The van der Waals surface area contributed by atoms with Crippen LogP contribution in [0, 0.1) is 0 Å². The van der Waals surface area contributed by atoms with Gasteiger partial charge in [0.05, 0.1) is 16.9 Å². The van der Waals surface area contributed by atoms with Crippen LogP contribution >= 0.6 is 11.6 Å². The Hall–Kier alpha value is -3.39. The lowest BCUT2D eigenvalue weighted by molar-refractivity contribution is -0.119. The number of carbonyl (C=O) groups is 2. The van der Waals surface area contributed by atoms with Gasteiger partial charge in [-0.3, -0.25) is 4.79 Å². The normalized spacial score (nSPS) is 10.4. The second-order valence-electron chi connectivity index (χ2n) is 6.07. The van der Waals surface area contributed by atoms with Crippen molar-refractivity contribution in [3.63, 3.8) is 0 Å². The summed E-state index contributed by atoms with van der Waals surface area (Å²) in [5, 5.41) is 7.16. The van der Waals surface area contributed by atoms with E-state index in [9.17, 15) is 9.59 Å². The van der Waals surface area contributed by atoms with Crippen molar-refractivity contribution in [2.75, 3.05) is 30.9 Å². The molecule has 0 spiro atoms. The van der Waals surface area contributed by atoms with E-state index in [2.05, 4.69) is 15.4 Å². The summed E-state index contributed by atoms with van der Waals surface area (Å²) in [6, 6.07) is 11.9. The number of anilines is 2. The minimum Gasteiger partial charge on any atom is -0.452 e. The summed E-state index contributed by atoms with van der Waals surface area (Å²) in [7, 11) is 3.74. The molecule has 1 amide bonds. The van der Waals surface area contributed by atoms with Gasteiger partial charge in [-0.05, 0) is 36.4 Å². The minimum absolute atomic E-state index is 0.366. The average Bonchev–Trinajstić information content (AvgIpc) is 3.21. The molecule has 0 fully saturated rings. The fourth-order valence-corrected chi connectivity index (χ4v) is 2.62. The van der Waals surface area contributed by atoms with E-state index in [1.54, 1.807) is 36.4 Å². The molecule has 144 valence electrons. The molecule has 0 radical (unpaired) electrons. The highest BCUT2D eigenvalue weighted by atomic mass is 35.5. The molecule has 0 saturated carbocycles. The second-order valence-corrected chi connectivity index (χ2v) is 6.51. The Kier molecular flexibility index (Phi) is 5.90. The van der Waals surface area contributed by atoms with E-state index in [1.807, 2.05) is 25.1 Å². The molecule has 0 aliphatic heterocycles. The molecule has 9 heteroatoms. The van der Waals surface area contributed by atoms with Crippen molar-refractivity contribution in [1.29, 1.82) is 0 Å². The van der Waals surface area contributed by atoms with Crippen LogP contribution in [0.3, 0.4) is 0 Å². The third-order valence-electron chi connectivity index (χ3n) is 3.83. The zero-order valence-electron chi connectivity index (χ0n) is 15.3. The van der Waals surface area contributed by atoms with E-state index in [4.69, 9.17) is 16.3 Å². The molecular formula is C19H18ClN5O3. The van der Waals surface area contributed by atoms with Crippen molar-refractivity contribution in [3.8, 4) is 5.69 Å². The van der Waals surface area contributed by atoms with E-state index in [0.717, 1.165) is 5.69 Å². The molecule has 28 heavy (non-hydrogen) atoms. The number of nitrogens with one attached hydrogen (secondary N) is 1. The third-order valence-corrected chi connectivity index (χ3v) is 4.07. The smallest absolute Gasteiger partial charge is 0.338 e. The van der Waals surface area contributed by atoms with Gasteiger partial charge in [-0.2, -0.15) is 5.10 Å². The van der Waals surface area contributed by atoms with Crippen molar-refractivity contribution >= 4 is 34.9 Å². The topological polar surface area (TPSA) is 89.4 Å². The number of rotatable bonds is 6. The zero-order valence-corrected chi connectivity index (χ0v) is 16.1. The van der Waals surface area contributed by atoms with Gasteiger partial charge in [-0.25, -0.2) is 14.5 Å². The molecule has 3 rings (SSSR count). The zero-order chi connectivity index (χ0) is 20.1. The van der Waals surface area contributed by atoms with Crippen LogP contribution in [0.2, 0.25) is 5.02 Å². The predicted molar refractivity (Wildman–Crippen MR) is 106 cm³/mol. The SMILES string of the molecule is CN(C)c1cccc(C(=O)OCC(=O)Nc2cc(Cl)ccc2-n2cncn2)c1. The number of aromatic nitrogens is 3. The van der Waals surface area contributed by atoms with Gasteiger partial charge in [0.25, 0.3) is 5.91 Å². The second kappa shape index (κ2) is 8.53. The molecular weight excluding hydrogens is 382 g/mol. The van der Waals surface area contributed by atoms with Crippen LogP contribution in [0.1, 0.15) is 10.4 Å². The molecule has 0 atom stereocenters. The molecule has 3 aromatic rings. The lowest BCUT2D eigenvalue weighted by Gasteiger charge is -2.13. The van der Waals surface area contributed by atoms with Crippen LogP contribution in [-0.2, 0) is 9.53 Å². The van der Waals surface area contributed by atoms with Crippen molar-refractivity contribution in [1.82, 2.24) is 14.8 Å². The van der Waals surface area contributed by atoms with Gasteiger partial charge in [0.2, 0.25) is 0 Å². The summed E-state index contributed by atoms with van der Waals surface area (Å²) < 4.78 is 6.61. The van der Waals surface area contributed by atoms with Crippen LogP contribution in [-0.4, -0.2) is 47.3 Å². The fourth-order valence-electron chi connectivity index (χ4n) is 2.45. The number of benzene rings is 2. The van der Waals surface area contributed by atoms with E-state index in [0.29, 0.717) is 22.0 Å². The standard InChI is InChI=1S/C19H18ClN5O3/c1-24(2)15-5-3-4-13(8-15)19(27)28-10-18(26)23-16-9-14(20)6-7-17(16)25-12-21-11-22-25/h3-9,11-12H,10H2,1-2H3,(H,23,26). The van der Waals surface area contributed by atoms with Gasteiger partial charge in [-0.15, -0.1) is 0 Å². The summed E-state index contributed by atoms with van der Waals surface area (Å²) in [5.74, 6) is -1.08. The quantitative estimate of drug-likeness (QED) is 0.641.